The van der Waals surface area contributed by atoms with E-state index in [1.165, 1.54) is 0 Å². The normalized spacial score (nSPS) is 20.3. The minimum atomic E-state index is -0.407. The van der Waals surface area contributed by atoms with E-state index in [1.807, 2.05) is 0 Å². The van der Waals surface area contributed by atoms with Crippen molar-refractivity contribution in [1.82, 2.24) is 10.4 Å². The Morgan fingerprint density at radius 1 is 1.53 bits per heavy atom. The molecule has 1 atom stereocenters. The zero-order valence-electron chi connectivity index (χ0n) is 9.53. The minimum absolute atomic E-state index is 0.105. The highest BCUT2D eigenvalue weighted by Gasteiger charge is 2.21. The van der Waals surface area contributed by atoms with Crippen LogP contribution in [-0.4, -0.2) is 44.3 Å². The number of rotatable bonds is 4. The second kappa shape index (κ2) is 6.05. The number of hydrogen-bond acceptors (Lipinski definition) is 4. The number of carbonyl (C=O) groups is 1. The molecule has 88 valence electrons. The van der Waals surface area contributed by atoms with Crippen molar-refractivity contribution in [2.45, 2.75) is 25.3 Å². The molecule has 1 aliphatic heterocycles. The third-order valence-corrected chi connectivity index (χ3v) is 2.60. The van der Waals surface area contributed by atoms with Crippen LogP contribution in [0.25, 0.3) is 0 Å². The van der Waals surface area contributed by atoms with Gasteiger partial charge in [-0.15, -0.1) is 0 Å². The molecule has 3 N–H and O–H groups in total. The van der Waals surface area contributed by atoms with E-state index in [2.05, 4.69) is 5.43 Å². The van der Waals surface area contributed by atoms with E-state index in [-0.39, 0.29) is 5.91 Å². The number of nitrogens with two attached hydrogens (primary N) is 1. The lowest BCUT2D eigenvalue weighted by Crippen LogP contribution is -2.47. The maximum Gasteiger partial charge on any atom is 0.251 e. The van der Waals surface area contributed by atoms with Crippen LogP contribution < -0.4 is 11.2 Å². The molecule has 1 saturated heterocycles. The molecule has 0 spiro atoms. The predicted molar refractivity (Wildman–Crippen MR) is 58.0 cm³/mol. The third kappa shape index (κ3) is 4.59. The SMILES string of the molecule is CN(C)NC(=O)C(N)CC1CCOCC1. The van der Waals surface area contributed by atoms with Gasteiger partial charge in [-0.2, -0.15) is 0 Å². The summed E-state index contributed by atoms with van der Waals surface area (Å²) < 4.78 is 5.26. The van der Waals surface area contributed by atoms with Crippen LogP contribution in [0.15, 0.2) is 0 Å². The number of nitrogens with zero attached hydrogens (tertiary/aromatic N) is 1. The average Bonchev–Trinajstić information content (AvgIpc) is 2.18. The molecular formula is C10H21N3O2. The molecule has 1 aliphatic rings. The molecule has 15 heavy (non-hydrogen) atoms. The van der Waals surface area contributed by atoms with E-state index < -0.39 is 6.04 Å². The van der Waals surface area contributed by atoms with Gasteiger partial charge in [0.25, 0.3) is 5.91 Å². The summed E-state index contributed by atoms with van der Waals surface area (Å²) in [7, 11) is 3.55. The van der Waals surface area contributed by atoms with Crippen LogP contribution in [0.5, 0.6) is 0 Å². The summed E-state index contributed by atoms with van der Waals surface area (Å²) in [4.78, 5) is 11.5. The molecule has 0 aromatic rings. The Bertz CT molecular complexity index is 203. The first-order valence-corrected chi connectivity index (χ1v) is 5.40. The van der Waals surface area contributed by atoms with Crippen LogP contribution in [0, 0.1) is 5.92 Å². The van der Waals surface area contributed by atoms with Crippen LogP contribution in [-0.2, 0) is 9.53 Å². The van der Waals surface area contributed by atoms with Crippen molar-refractivity contribution in [3.05, 3.63) is 0 Å². The van der Waals surface area contributed by atoms with Crippen molar-refractivity contribution in [2.24, 2.45) is 11.7 Å². The van der Waals surface area contributed by atoms with Gasteiger partial charge in [0.2, 0.25) is 0 Å². The summed E-state index contributed by atoms with van der Waals surface area (Å²) in [6, 6.07) is -0.407. The van der Waals surface area contributed by atoms with Gasteiger partial charge in [-0.1, -0.05) is 0 Å². The van der Waals surface area contributed by atoms with E-state index in [4.69, 9.17) is 10.5 Å². The van der Waals surface area contributed by atoms with E-state index in [9.17, 15) is 4.79 Å². The number of hydrazine groups is 1. The summed E-state index contributed by atoms with van der Waals surface area (Å²) >= 11 is 0. The molecule has 0 aromatic carbocycles. The largest absolute Gasteiger partial charge is 0.381 e. The average molecular weight is 215 g/mol. The first-order valence-electron chi connectivity index (χ1n) is 5.40. The van der Waals surface area contributed by atoms with Gasteiger partial charge in [0.1, 0.15) is 0 Å². The fourth-order valence-electron chi connectivity index (χ4n) is 1.75. The first kappa shape index (κ1) is 12.4. The van der Waals surface area contributed by atoms with E-state index >= 15 is 0 Å². The van der Waals surface area contributed by atoms with Crippen molar-refractivity contribution >= 4 is 5.91 Å². The lowest BCUT2D eigenvalue weighted by molar-refractivity contribution is -0.126. The summed E-state index contributed by atoms with van der Waals surface area (Å²) in [5, 5.41) is 1.62. The lowest BCUT2D eigenvalue weighted by Gasteiger charge is -2.25. The number of amides is 1. The molecule has 1 heterocycles. The standard InChI is InChI=1S/C10H21N3O2/c1-13(2)12-10(14)9(11)7-8-3-5-15-6-4-8/h8-9H,3-7,11H2,1-2H3,(H,12,14). The molecule has 0 radical (unpaired) electrons. The van der Waals surface area contributed by atoms with Gasteiger partial charge in [0.15, 0.2) is 0 Å². The molecule has 1 rings (SSSR count). The summed E-state index contributed by atoms with van der Waals surface area (Å²) in [6.45, 7) is 1.60. The smallest absolute Gasteiger partial charge is 0.251 e. The number of carbonyl (C=O) groups excluding carboxylic acids is 1. The van der Waals surface area contributed by atoms with Crippen LogP contribution in [0.4, 0.5) is 0 Å². The molecule has 5 nitrogen and oxygen atoms in total. The third-order valence-electron chi connectivity index (χ3n) is 2.60. The minimum Gasteiger partial charge on any atom is -0.381 e. The Morgan fingerprint density at radius 3 is 2.67 bits per heavy atom. The molecular weight excluding hydrogens is 194 g/mol. The van der Waals surface area contributed by atoms with Gasteiger partial charge >= 0.3 is 0 Å². The number of nitrogens with one attached hydrogen (secondary N) is 1. The van der Waals surface area contributed by atoms with Gasteiger partial charge in [-0.25, -0.2) is 5.01 Å². The Labute approximate surface area is 90.9 Å². The highest BCUT2D eigenvalue weighted by atomic mass is 16.5. The zero-order valence-corrected chi connectivity index (χ0v) is 9.53. The van der Waals surface area contributed by atoms with E-state index in [0.717, 1.165) is 32.5 Å². The van der Waals surface area contributed by atoms with Crippen molar-refractivity contribution in [1.29, 1.82) is 0 Å². The van der Waals surface area contributed by atoms with E-state index in [1.54, 1.807) is 19.1 Å². The van der Waals surface area contributed by atoms with Gasteiger partial charge in [-0.3, -0.25) is 10.2 Å². The highest BCUT2D eigenvalue weighted by Crippen LogP contribution is 2.19. The van der Waals surface area contributed by atoms with E-state index in [0.29, 0.717) is 5.92 Å². The zero-order chi connectivity index (χ0) is 11.3. The number of ether oxygens (including phenoxy) is 1. The van der Waals surface area contributed by atoms with Crippen LogP contribution in [0.2, 0.25) is 0 Å². The van der Waals surface area contributed by atoms with Crippen LogP contribution >= 0.6 is 0 Å². The summed E-state index contributed by atoms with van der Waals surface area (Å²) in [5.74, 6) is 0.424. The fourth-order valence-corrected chi connectivity index (χ4v) is 1.75. The molecule has 0 aromatic heterocycles. The number of hydrogen-bond donors (Lipinski definition) is 2. The van der Waals surface area contributed by atoms with Crippen molar-refractivity contribution in [3.8, 4) is 0 Å². The quantitative estimate of drug-likeness (QED) is 0.633. The first-order chi connectivity index (χ1) is 7.09. The van der Waals surface area contributed by atoms with Crippen molar-refractivity contribution < 1.29 is 9.53 Å². The van der Waals surface area contributed by atoms with Gasteiger partial charge in [0.05, 0.1) is 6.04 Å². The van der Waals surface area contributed by atoms with Crippen molar-refractivity contribution in [3.63, 3.8) is 0 Å². The molecule has 0 aliphatic carbocycles. The van der Waals surface area contributed by atoms with Crippen molar-refractivity contribution in [2.75, 3.05) is 27.3 Å². The van der Waals surface area contributed by atoms with Crippen LogP contribution in [0.3, 0.4) is 0 Å². The molecule has 0 bridgehead atoms. The Kier molecular flexibility index (Phi) is 5.01. The maximum absolute atomic E-state index is 11.5. The maximum atomic E-state index is 11.5. The summed E-state index contributed by atoms with van der Waals surface area (Å²) in [5.41, 5.74) is 8.49. The summed E-state index contributed by atoms with van der Waals surface area (Å²) in [6.07, 6.45) is 2.79. The molecule has 1 fully saturated rings. The molecule has 1 amide bonds. The van der Waals surface area contributed by atoms with Gasteiger partial charge in [-0.05, 0) is 25.2 Å². The molecule has 0 saturated carbocycles. The van der Waals surface area contributed by atoms with Gasteiger partial charge in [0, 0.05) is 27.3 Å². The molecule has 1 unspecified atom stereocenters. The lowest BCUT2D eigenvalue weighted by atomic mass is 9.92. The predicted octanol–water partition coefficient (Wildman–Crippen LogP) is -0.277. The van der Waals surface area contributed by atoms with Gasteiger partial charge < -0.3 is 10.5 Å². The second-order valence-electron chi connectivity index (χ2n) is 4.27. The topological polar surface area (TPSA) is 67.6 Å². The van der Waals surface area contributed by atoms with Crippen LogP contribution in [0.1, 0.15) is 19.3 Å². The Hall–Kier alpha value is -0.650. The Morgan fingerprint density at radius 2 is 2.13 bits per heavy atom. The Balaban J connectivity index is 2.26. The highest BCUT2D eigenvalue weighted by molar-refractivity contribution is 5.80. The monoisotopic (exact) mass is 215 g/mol. The second-order valence-corrected chi connectivity index (χ2v) is 4.27. The molecule has 5 heteroatoms. The fraction of sp³-hybridized carbons (Fsp3) is 0.900.